The molecule has 2 aliphatic heterocycles. The van der Waals surface area contributed by atoms with Gasteiger partial charge in [0.25, 0.3) is 0 Å². The molecule has 3 aliphatic rings. The van der Waals surface area contributed by atoms with Crippen molar-refractivity contribution in [2.24, 2.45) is 5.92 Å². The van der Waals surface area contributed by atoms with Crippen molar-refractivity contribution in [2.75, 3.05) is 54.3 Å². The number of nitrogens with zero attached hydrogens (tertiary/aromatic N) is 1. The number of likely N-dealkylation sites (N-methyl/N-ethyl adjacent to an activating group) is 1. The number of carbonyl (C=O) groups excluding carboxylic acids is 1. The molecule has 36 heavy (non-hydrogen) atoms. The molecule has 8 heteroatoms. The summed E-state index contributed by atoms with van der Waals surface area (Å²) in [7, 11) is 4.81. The second-order valence-corrected chi connectivity index (χ2v) is 9.28. The molecule has 1 saturated heterocycles. The molecule has 1 amide bonds. The Bertz CT molecular complexity index is 1150. The highest BCUT2D eigenvalue weighted by atomic mass is 16.7. The van der Waals surface area contributed by atoms with Crippen LogP contribution in [0.3, 0.4) is 0 Å². The van der Waals surface area contributed by atoms with Gasteiger partial charge in [-0.1, -0.05) is 13.0 Å². The predicted octanol–water partition coefficient (Wildman–Crippen LogP) is 3.82. The van der Waals surface area contributed by atoms with Gasteiger partial charge in [-0.25, -0.2) is 0 Å². The van der Waals surface area contributed by atoms with E-state index in [0.29, 0.717) is 29.5 Å². The summed E-state index contributed by atoms with van der Waals surface area (Å²) in [4.78, 5) is 16.2. The van der Waals surface area contributed by atoms with Gasteiger partial charge in [-0.3, -0.25) is 4.79 Å². The lowest BCUT2D eigenvalue weighted by Gasteiger charge is -2.36. The molecule has 0 unspecified atom stereocenters. The van der Waals surface area contributed by atoms with Gasteiger partial charge in [-0.05, 0) is 65.9 Å². The van der Waals surface area contributed by atoms with Crippen LogP contribution in [-0.4, -0.2) is 65.1 Å². The number of ether oxygens (including phenoxy) is 5. The molecular formula is C28H34N2O6. The molecule has 1 fully saturated rings. The Kier molecular flexibility index (Phi) is 6.96. The highest BCUT2D eigenvalue weighted by molar-refractivity contribution is 5.88. The zero-order valence-corrected chi connectivity index (χ0v) is 21.4. The Labute approximate surface area is 212 Å². The summed E-state index contributed by atoms with van der Waals surface area (Å²) in [6, 6.07) is 7.96. The van der Waals surface area contributed by atoms with Crippen molar-refractivity contribution in [3.63, 3.8) is 0 Å². The zero-order chi connectivity index (χ0) is 25.2. The molecule has 0 saturated carbocycles. The van der Waals surface area contributed by atoms with E-state index >= 15 is 0 Å². The van der Waals surface area contributed by atoms with E-state index in [4.69, 9.17) is 23.7 Å². The molecule has 8 nitrogen and oxygen atoms in total. The van der Waals surface area contributed by atoms with Crippen molar-refractivity contribution in [1.82, 2.24) is 10.2 Å². The van der Waals surface area contributed by atoms with Gasteiger partial charge in [-0.15, -0.1) is 0 Å². The van der Waals surface area contributed by atoms with E-state index in [2.05, 4.69) is 18.3 Å². The predicted molar refractivity (Wildman–Crippen MR) is 136 cm³/mol. The Hall–Kier alpha value is -3.39. The van der Waals surface area contributed by atoms with Gasteiger partial charge in [0, 0.05) is 25.6 Å². The average Bonchev–Trinajstić information content (AvgIpc) is 3.60. The Morgan fingerprint density at radius 1 is 1.00 bits per heavy atom. The van der Waals surface area contributed by atoms with Crippen LogP contribution in [0.2, 0.25) is 0 Å². The molecule has 192 valence electrons. The number of methoxy groups -OCH3 is 3. The third-order valence-electron chi connectivity index (χ3n) is 7.30. The SMILES string of the molecule is CCNCC1=Cc2cc3c(cc2[C@@H](c2cc(OC)c(OC)c(OC)c2)[C@@H]1C(=O)N1CCCC1)OCO3. The van der Waals surface area contributed by atoms with Gasteiger partial charge in [0.1, 0.15) is 0 Å². The topological polar surface area (TPSA) is 78.5 Å². The van der Waals surface area contributed by atoms with E-state index in [-0.39, 0.29) is 24.5 Å². The van der Waals surface area contributed by atoms with Gasteiger partial charge in [0.15, 0.2) is 23.0 Å². The maximum absolute atomic E-state index is 14.1. The Balaban J connectivity index is 1.72. The van der Waals surface area contributed by atoms with Gasteiger partial charge in [-0.2, -0.15) is 0 Å². The fraction of sp³-hybridized carbons (Fsp3) is 0.464. The quantitative estimate of drug-likeness (QED) is 0.598. The third-order valence-corrected chi connectivity index (χ3v) is 7.30. The lowest BCUT2D eigenvalue weighted by Crippen LogP contribution is -2.41. The number of nitrogens with one attached hydrogen (secondary N) is 1. The molecule has 1 N–H and O–H groups in total. The molecule has 0 bridgehead atoms. The van der Waals surface area contributed by atoms with Gasteiger partial charge < -0.3 is 33.9 Å². The van der Waals surface area contributed by atoms with Crippen molar-refractivity contribution in [3.8, 4) is 28.7 Å². The van der Waals surface area contributed by atoms with Gasteiger partial charge in [0.2, 0.25) is 18.4 Å². The Morgan fingerprint density at radius 2 is 1.67 bits per heavy atom. The van der Waals surface area contributed by atoms with Crippen molar-refractivity contribution in [1.29, 1.82) is 0 Å². The smallest absolute Gasteiger partial charge is 0.231 e. The highest BCUT2D eigenvalue weighted by Crippen LogP contribution is 2.50. The standard InChI is InChI=1S/C28H34N2O6/c1-5-29-15-19-10-17-11-21-22(36-16-35-21)14-20(17)25(26(19)28(31)30-8-6-7-9-30)18-12-23(32-2)27(34-4)24(13-18)33-3/h10-14,25-26,29H,5-9,15-16H2,1-4H3/t25-,26-/m1/s1. The molecule has 0 aromatic heterocycles. The van der Waals surface area contributed by atoms with E-state index in [9.17, 15) is 4.79 Å². The highest BCUT2D eigenvalue weighted by Gasteiger charge is 2.41. The lowest BCUT2D eigenvalue weighted by molar-refractivity contribution is -0.133. The summed E-state index contributed by atoms with van der Waals surface area (Å²) >= 11 is 0. The molecule has 2 atom stereocenters. The summed E-state index contributed by atoms with van der Waals surface area (Å²) in [5, 5.41) is 3.45. The average molecular weight is 495 g/mol. The van der Waals surface area contributed by atoms with Gasteiger partial charge in [0.05, 0.1) is 27.2 Å². The number of likely N-dealkylation sites (tertiary alicyclic amines) is 1. The maximum atomic E-state index is 14.1. The zero-order valence-electron chi connectivity index (χ0n) is 21.4. The van der Waals surface area contributed by atoms with Crippen LogP contribution in [0.4, 0.5) is 0 Å². The first-order chi connectivity index (χ1) is 17.6. The van der Waals surface area contributed by atoms with Crippen LogP contribution < -0.4 is 29.0 Å². The lowest BCUT2D eigenvalue weighted by atomic mass is 9.70. The second-order valence-electron chi connectivity index (χ2n) is 9.28. The molecule has 0 spiro atoms. The largest absolute Gasteiger partial charge is 0.493 e. The fourth-order valence-electron chi connectivity index (χ4n) is 5.57. The molecule has 2 aromatic rings. The number of amides is 1. The van der Waals surface area contributed by atoms with Crippen molar-refractivity contribution in [2.45, 2.75) is 25.7 Å². The van der Waals surface area contributed by atoms with E-state index in [1.54, 1.807) is 21.3 Å². The van der Waals surface area contributed by atoms with Crippen LogP contribution in [0.15, 0.2) is 29.8 Å². The normalized spacial score (nSPS) is 20.1. The summed E-state index contributed by atoms with van der Waals surface area (Å²) in [5.41, 5.74) is 4.02. The van der Waals surface area contributed by atoms with E-state index < -0.39 is 0 Å². The number of benzene rings is 2. The molecule has 2 heterocycles. The number of hydrogen-bond donors (Lipinski definition) is 1. The number of carbonyl (C=O) groups is 1. The minimum atomic E-state index is -0.377. The van der Waals surface area contributed by atoms with E-state index in [1.807, 2.05) is 29.2 Å². The van der Waals surface area contributed by atoms with Crippen LogP contribution in [0.25, 0.3) is 6.08 Å². The van der Waals surface area contributed by atoms with Crippen LogP contribution in [0, 0.1) is 5.92 Å². The van der Waals surface area contributed by atoms with Crippen molar-refractivity contribution < 1.29 is 28.5 Å². The number of rotatable bonds is 8. The van der Waals surface area contributed by atoms with Crippen molar-refractivity contribution >= 4 is 12.0 Å². The fourth-order valence-corrected chi connectivity index (χ4v) is 5.57. The first-order valence-electron chi connectivity index (χ1n) is 12.5. The van der Waals surface area contributed by atoms with Crippen LogP contribution in [-0.2, 0) is 4.79 Å². The number of fused-ring (bicyclic) bond motifs is 2. The van der Waals surface area contributed by atoms with E-state index in [0.717, 1.165) is 60.5 Å². The third kappa shape index (κ3) is 4.23. The molecule has 2 aromatic carbocycles. The molecule has 1 aliphatic carbocycles. The second kappa shape index (κ2) is 10.3. The van der Waals surface area contributed by atoms with Crippen LogP contribution in [0.1, 0.15) is 42.4 Å². The van der Waals surface area contributed by atoms with Crippen LogP contribution >= 0.6 is 0 Å². The first kappa shape index (κ1) is 24.3. The summed E-state index contributed by atoms with van der Waals surface area (Å²) in [5.74, 6) is 2.57. The first-order valence-corrected chi connectivity index (χ1v) is 12.5. The summed E-state index contributed by atoms with van der Waals surface area (Å²) in [6.45, 7) is 5.28. The number of hydrogen-bond acceptors (Lipinski definition) is 7. The minimum Gasteiger partial charge on any atom is -0.493 e. The van der Waals surface area contributed by atoms with Gasteiger partial charge >= 0.3 is 0 Å². The molecular weight excluding hydrogens is 460 g/mol. The minimum absolute atomic E-state index is 0.152. The monoisotopic (exact) mass is 494 g/mol. The van der Waals surface area contributed by atoms with E-state index in [1.165, 1.54) is 0 Å². The maximum Gasteiger partial charge on any atom is 0.231 e. The summed E-state index contributed by atoms with van der Waals surface area (Å²) in [6.07, 6.45) is 4.22. The molecule has 0 radical (unpaired) electrons. The van der Waals surface area contributed by atoms with Crippen LogP contribution in [0.5, 0.6) is 28.7 Å². The Morgan fingerprint density at radius 3 is 2.28 bits per heavy atom. The molecule has 5 rings (SSSR count). The summed E-state index contributed by atoms with van der Waals surface area (Å²) < 4.78 is 28.4. The van der Waals surface area contributed by atoms with Crippen molar-refractivity contribution in [3.05, 3.63) is 46.5 Å².